The molecule has 12 heavy (non-hydrogen) atoms. The van der Waals surface area contributed by atoms with Crippen molar-refractivity contribution in [3.63, 3.8) is 0 Å². The molecule has 0 radical (unpaired) electrons. The van der Waals surface area contributed by atoms with E-state index in [1.54, 1.807) is 0 Å². The van der Waals surface area contributed by atoms with Crippen molar-refractivity contribution in [1.29, 1.82) is 0 Å². The van der Waals surface area contributed by atoms with Crippen LogP contribution in [-0.2, 0) is 6.42 Å². The molecule has 0 bridgehead atoms. The maximum Gasteiger partial charge on any atom is 0.0527 e. The van der Waals surface area contributed by atoms with Crippen molar-refractivity contribution in [2.24, 2.45) is 5.73 Å². The Morgan fingerprint density at radius 3 is 2.83 bits per heavy atom. The minimum absolute atomic E-state index is 0.275. The average Bonchev–Trinajstić information content (AvgIpc) is 2.30. The van der Waals surface area contributed by atoms with Gasteiger partial charge in [0.05, 0.1) is 6.20 Å². The molecule has 4 heteroatoms. The Kier molecular flexibility index (Phi) is 3.24. The van der Waals surface area contributed by atoms with Gasteiger partial charge in [0.15, 0.2) is 0 Å². The number of nitrogens with two attached hydrogens (primary N) is 1. The zero-order valence-electron chi connectivity index (χ0n) is 7.62. The summed E-state index contributed by atoms with van der Waals surface area (Å²) in [4.78, 5) is 0. The van der Waals surface area contributed by atoms with E-state index >= 15 is 0 Å². The van der Waals surface area contributed by atoms with Gasteiger partial charge in [-0.15, -0.1) is 0 Å². The summed E-state index contributed by atoms with van der Waals surface area (Å²) in [6, 6.07) is 0.275. The van der Waals surface area contributed by atoms with Crippen LogP contribution in [0, 0.1) is 6.92 Å². The highest BCUT2D eigenvalue weighted by atomic mass is 31.0. The van der Waals surface area contributed by atoms with Crippen molar-refractivity contribution in [3.8, 4) is 0 Å². The standard InChI is InChI=1S/C8H16N3P/c1-6(9)3-4-8-5-10-11(12)7(8)2/h5-6H,3-4,9,12H2,1-2H3. The monoisotopic (exact) mass is 185 g/mol. The molecule has 1 aromatic rings. The second-order valence-corrected chi connectivity index (χ2v) is 3.70. The predicted molar refractivity (Wildman–Crippen MR) is 54.0 cm³/mol. The molecule has 0 aromatic carbocycles. The summed E-state index contributed by atoms with van der Waals surface area (Å²) in [5.41, 5.74) is 8.17. The van der Waals surface area contributed by atoms with E-state index in [1.807, 2.05) is 17.6 Å². The zero-order valence-corrected chi connectivity index (χ0v) is 8.77. The predicted octanol–water partition coefficient (Wildman–Crippen LogP) is 1.11. The van der Waals surface area contributed by atoms with Crippen LogP contribution in [0.4, 0.5) is 0 Å². The molecule has 1 aromatic heterocycles. The summed E-state index contributed by atoms with van der Waals surface area (Å²) in [6.45, 7) is 4.09. The van der Waals surface area contributed by atoms with Gasteiger partial charge < -0.3 is 5.73 Å². The molecule has 2 atom stereocenters. The van der Waals surface area contributed by atoms with Crippen LogP contribution in [0.25, 0.3) is 0 Å². The molecule has 0 spiro atoms. The van der Waals surface area contributed by atoms with Crippen LogP contribution in [0.1, 0.15) is 24.6 Å². The number of nitrogens with zero attached hydrogens (tertiary/aromatic N) is 2. The van der Waals surface area contributed by atoms with Gasteiger partial charge >= 0.3 is 0 Å². The number of aromatic nitrogens is 2. The fourth-order valence-electron chi connectivity index (χ4n) is 1.09. The van der Waals surface area contributed by atoms with Gasteiger partial charge in [-0.2, -0.15) is 5.10 Å². The maximum atomic E-state index is 5.66. The second-order valence-electron chi connectivity index (χ2n) is 3.22. The van der Waals surface area contributed by atoms with Crippen molar-refractivity contribution in [1.82, 2.24) is 9.55 Å². The number of rotatable bonds is 3. The molecule has 1 rings (SSSR count). The molecular formula is C8H16N3P. The van der Waals surface area contributed by atoms with E-state index in [-0.39, 0.29) is 6.04 Å². The quantitative estimate of drug-likeness (QED) is 0.717. The van der Waals surface area contributed by atoms with Gasteiger partial charge in [-0.05, 0) is 41.6 Å². The Hall–Kier alpha value is -0.400. The van der Waals surface area contributed by atoms with Crippen LogP contribution in [0.3, 0.4) is 0 Å². The summed E-state index contributed by atoms with van der Waals surface area (Å²) < 4.78 is 1.82. The van der Waals surface area contributed by atoms with Crippen molar-refractivity contribution < 1.29 is 0 Å². The number of aryl methyl sites for hydroxylation is 1. The third kappa shape index (κ3) is 2.29. The summed E-state index contributed by atoms with van der Waals surface area (Å²) in [5, 5.41) is 4.13. The van der Waals surface area contributed by atoms with Crippen molar-refractivity contribution in [3.05, 3.63) is 17.5 Å². The van der Waals surface area contributed by atoms with E-state index in [9.17, 15) is 0 Å². The molecule has 0 saturated carbocycles. The molecule has 0 aliphatic rings. The van der Waals surface area contributed by atoms with E-state index in [2.05, 4.69) is 21.4 Å². The lowest BCUT2D eigenvalue weighted by Gasteiger charge is -2.03. The van der Waals surface area contributed by atoms with Crippen LogP contribution in [-0.4, -0.2) is 15.6 Å². The van der Waals surface area contributed by atoms with Crippen LogP contribution in [0.2, 0.25) is 0 Å². The lowest BCUT2D eigenvalue weighted by atomic mass is 10.1. The van der Waals surface area contributed by atoms with Gasteiger partial charge in [-0.25, -0.2) is 0 Å². The third-order valence-corrected chi connectivity index (χ3v) is 2.54. The fraction of sp³-hybridized carbons (Fsp3) is 0.625. The SMILES string of the molecule is Cc1c(CCC(C)N)cnn1P. The fourth-order valence-corrected chi connectivity index (χ4v) is 1.32. The molecule has 2 unspecified atom stereocenters. The highest BCUT2D eigenvalue weighted by Crippen LogP contribution is 2.11. The minimum Gasteiger partial charge on any atom is -0.328 e. The molecule has 2 N–H and O–H groups in total. The van der Waals surface area contributed by atoms with Gasteiger partial charge in [0.2, 0.25) is 0 Å². The molecule has 0 fully saturated rings. The first kappa shape index (κ1) is 9.69. The zero-order chi connectivity index (χ0) is 9.14. The van der Waals surface area contributed by atoms with Crippen LogP contribution in [0.15, 0.2) is 6.20 Å². The molecule has 1 heterocycles. The first-order chi connectivity index (χ1) is 5.61. The van der Waals surface area contributed by atoms with Gasteiger partial charge in [0.25, 0.3) is 0 Å². The molecule has 3 nitrogen and oxygen atoms in total. The van der Waals surface area contributed by atoms with Gasteiger partial charge in [0, 0.05) is 11.7 Å². The Labute approximate surface area is 75.6 Å². The molecule has 0 saturated heterocycles. The van der Waals surface area contributed by atoms with E-state index < -0.39 is 0 Å². The maximum absolute atomic E-state index is 5.66. The minimum atomic E-state index is 0.275. The second kappa shape index (κ2) is 4.01. The summed E-state index contributed by atoms with van der Waals surface area (Å²) in [6.07, 6.45) is 3.96. The molecule has 0 aliphatic carbocycles. The lowest BCUT2D eigenvalue weighted by molar-refractivity contribution is 0.664. The normalized spacial score (nSPS) is 13.3. The van der Waals surface area contributed by atoms with Crippen molar-refractivity contribution in [2.75, 3.05) is 0 Å². The van der Waals surface area contributed by atoms with Gasteiger partial charge in [-0.3, -0.25) is 4.45 Å². The van der Waals surface area contributed by atoms with Gasteiger partial charge in [-0.1, -0.05) is 0 Å². The third-order valence-electron chi connectivity index (χ3n) is 2.02. The topological polar surface area (TPSA) is 43.8 Å². The largest absolute Gasteiger partial charge is 0.328 e. The highest BCUT2D eigenvalue weighted by molar-refractivity contribution is 7.14. The Morgan fingerprint density at radius 2 is 2.42 bits per heavy atom. The van der Waals surface area contributed by atoms with E-state index in [1.165, 1.54) is 11.3 Å². The first-order valence-electron chi connectivity index (χ1n) is 4.15. The molecular weight excluding hydrogens is 169 g/mol. The Morgan fingerprint density at radius 1 is 1.75 bits per heavy atom. The van der Waals surface area contributed by atoms with E-state index in [0.29, 0.717) is 0 Å². The smallest absolute Gasteiger partial charge is 0.0527 e. The lowest BCUT2D eigenvalue weighted by Crippen LogP contribution is -2.15. The molecule has 0 aliphatic heterocycles. The van der Waals surface area contributed by atoms with Crippen LogP contribution < -0.4 is 5.73 Å². The summed E-state index contributed by atoms with van der Waals surface area (Å²) in [7, 11) is 2.56. The summed E-state index contributed by atoms with van der Waals surface area (Å²) in [5.74, 6) is 0. The van der Waals surface area contributed by atoms with Crippen LogP contribution >= 0.6 is 9.39 Å². The van der Waals surface area contributed by atoms with Crippen molar-refractivity contribution >= 4 is 9.39 Å². The van der Waals surface area contributed by atoms with E-state index in [0.717, 1.165) is 12.8 Å². The highest BCUT2D eigenvalue weighted by Gasteiger charge is 2.03. The average molecular weight is 185 g/mol. The van der Waals surface area contributed by atoms with E-state index in [4.69, 9.17) is 5.73 Å². The molecule has 0 amide bonds. The van der Waals surface area contributed by atoms with Crippen LogP contribution in [0.5, 0.6) is 0 Å². The first-order valence-corrected chi connectivity index (χ1v) is 4.67. The molecule has 68 valence electrons. The Bertz CT molecular complexity index is 255. The number of hydrogen-bond acceptors (Lipinski definition) is 2. The number of hydrogen-bond donors (Lipinski definition) is 1. The van der Waals surface area contributed by atoms with Crippen molar-refractivity contribution in [2.45, 2.75) is 32.7 Å². The summed E-state index contributed by atoms with van der Waals surface area (Å²) >= 11 is 0. The van der Waals surface area contributed by atoms with Gasteiger partial charge in [0.1, 0.15) is 0 Å². The Balaban J connectivity index is 2.58.